The number of carbonyl (C=O) groups is 1. The van der Waals surface area contributed by atoms with E-state index in [0.29, 0.717) is 11.1 Å². The van der Waals surface area contributed by atoms with Crippen LogP contribution in [0.3, 0.4) is 0 Å². The highest BCUT2D eigenvalue weighted by atomic mass is 79.9. The lowest BCUT2D eigenvalue weighted by Crippen LogP contribution is -2.12. The average Bonchev–Trinajstić information content (AvgIpc) is 2.59. The molecule has 2 N–H and O–H groups in total. The molecule has 0 fully saturated rings. The Bertz CT molecular complexity index is 490. The molecule has 1 aromatic carbocycles. The van der Waals surface area contributed by atoms with Gasteiger partial charge in [-0.3, -0.25) is 4.79 Å². The third-order valence-electron chi connectivity index (χ3n) is 2.02. The fourth-order valence-corrected chi connectivity index (χ4v) is 1.69. The Balaban J connectivity index is 2.67. The van der Waals surface area contributed by atoms with E-state index in [2.05, 4.69) is 15.9 Å². The van der Waals surface area contributed by atoms with Crippen molar-refractivity contribution in [2.45, 2.75) is 0 Å². The van der Waals surface area contributed by atoms with Gasteiger partial charge in [0.1, 0.15) is 11.8 Å². The molecule has 0 aliphatic carbocycles. The number of rotatable bonds is 2. The highest BCUT2D eigenvalue weighted by Crippen LogP contribution is 2.24. The molecule has 0 bridgehead atoms. The van der Waals surface area contributed by atoms with Gasteiger partial charge in [0, 0.05) is 9.86 Å². The zero-order valence-electron chi connectivity index (χ0n) is 7.29. The molecule has 4 heteroatoms. The molecular weight excluding hydrogens is 246 g/mol. The van der Waals surface area contributed by atoms with Crippen molar-refractivity contribution in [1.29, 1.82) is 0 Å². The van der Waals surface area contributed by atoms with Crippen molar-refractivity contribution in [3.8, 4) is 0 Å². The summed E-state index contributed by atoms with van der Waals surface area (Å²) < 4.78 is 6.14. The summed E-state index contributed by atoms with van der Waals surface area (Å²) in [7, 11) is 0. The van der Waals surface area contributed by atoms with Crippen LogP contribution in [0, 0.1) is 0 Å². The van der Waals surface area contributed by atoms with Gasteiger partial charge < -0.3 is 10.2 Å². The summed E-state index contributed by atoms with van der Waals surface area (Å²) in [6, 6.07) is 5.52. The van der Waals surface area contributed by atoms with Crippen molar-refractivity contribution >= 4 is 32.7 Å². The molecule has 14 heavy (non-hydrogen) atoms. The summed E-state index contributed by atoms with van der Waals surface area (Å²) in [5.41, 5.74) is 6.53. The van der Waals surface area contributed by atoms with E-state index in [1.165, 1.54) is 6.26 Å². The van der Waals surface area contributed by atoms with Gasteiger partial charge in [-0.1, -0.05) is 15.9 Å². The zero-order valence-corrected chi connectivity index (χ0v) is 8.87. The van der Waals surface area contributed by atoms with Gasteiger partial charge in [0.05, 0.1) is 12.1 Å². The maximum atomic E-state index is 11.4. The second-order valence-electron chi connectivity index (χ2n) is 2.92. The summed E-state index contributed by atoms with van der Waals surface area (Å²) in [5.74, 6) is -0.109. The molecule has 3 nitrogen and oxygen atoms in total. The van der Waals surface area contributed by atoms with Gasteiger partial charge in [-0.2, -0.15) is 0 Å². The lowest BCUT2D eigenvalue weighted by atomic mass is 10.1. The third-order valence-corrected chi connectivity index (χ3v) is 2.51. The second kappa shape index (κ2) is 3.55. The Morgan fingerprint density at radius 1 is 1.50 bits per heavy atom. The molecule has 0 saturated heterocycles. The number of ketones is 1. The average molecular weight is 254 g/mol. The summed E-state index contributed by atoms with van der Waals surface area (Å²) in [4.78, 5) is 11.4. The molecule has 0 aliphatic rings. The lowest BCUT2D eigenvalue weighted by Gasteiger charge is -1.94. The number of Topliss-reactive ketones (excluding diaryl/α,β-unsaturated/α-hetero) is 1. The Morgan fingerprint density at radius 3 is 3.00 bits per heavy atom. The number of hydrogen-bond donors (Lipinski definition) is 1. The number of fused-ring (bicyclic) bond motifs is 1. The van der Waals surface area contributed by atoms with Crippen molar-refractivity contribution in [2.75, 3.05) is 6.54 Å². The second-order valence-corrected chi connectivity index (χ2v) is 3.83. The molecule has 2 rings (SSSR count). The van der Waals surface area contributed by atoms with Crippen LogP contribution in [0.1, 0.15) is 10.4 Å². The third kappa shape index (κ3) is 1.47. The topological polar surface area (TPSA) is 56.2 Å². The van der Waals surface area contributed by atoms with Crippen LogP contribution < -0.4 is 5.73 Å². The molecule has 0 radical (unpaired) electrons. The van der Waals surface area contributed by atoms with E-state index < -0.39 is 0 Å². The van der Waals surface area contributed by atoms with Gasteiger partial charge in [-0.25, -0.2) is 0 Å². The zero-order chi connectivity index (χ0) is 10.1. The highest BCUT2D eigenvalue weighted by Gasteiger charge is 2.11. The molecule has 0 amide bonds. The van der Waals surface area contributed by atoms with Gasteiger partial charge in [0.25, 0.3) is 0 Å². The van der Waals surface area contributed by atoms with E-state index in [9.17, 15) is 4.79 Å². The predicted octanol–water partition coefficient (Wildman–Crippen LogP) is 2.34. The maximum Gasteiger partial charge on any atom is 0.180 e. The van der Waals surface area contributed by atoms with Crippen molar-refractivity contribution in [3.05, 3.63) is 34.5 Å². The smallest absolute Gasteiger partial charge is 0.180 e. The van der Waals surface area contributed by atoms with Crippen LogP contribution in [0.2, 0.25) is 0 Å². The normalized spacial score (nSPS) is 10.7. The van der Waals surface area contributed by atoms with Crippen molar-refractivity contribution in [1.82, 2.24) is 0 Å². The Kier molecular flexibility index (Phi) is 2.39. The van der Waals surface area contributed by atoms with Gasteiger partial charge in [-0.15, -0.1) is 0 Å². The Morgan fingerprint density at radius 2 is 2.29 bits per heavy atom. The van der Waals surface area contributed by atoms with Crippen LogP contribution >= 0.6 is 15.9 Å². The van der Waals surface area contributed by atoms with Crippen molar-refractivity contribution < 1.29 is 9.21 Å². The van der Waals surface area contributed by atoms with Gasteiger partial charge in [-0.05, 0) is 18.2 Å². The minimum atomic E-state index is -0.109. The molecule has 0 spiro atoms. The van der Waals surface area contributed by atoms with E-state index in [1.54, 1.807) is 0 Å². The van der Waals surface area contributed by atoms with E-state index in [0.717, 1.165) is 9.86 Å². The summed E-state index contributed by atoms with van der Waals surface area (Å²) in [6.45, 7) is 0.00114. The van der Waals surface area contributed by atoms with E-state index in [-0.39, 0.29) is 12.3 Å². The summed E-state index contributed by atoms with van der Waals surface area (Å²) in [5, 5.41) is 0.801. The quantitative estimate of drug-likeness (QED) is 0.837. The van der Waals surface area contributed by atoms with Gasteiger partial charge in [0.15, 0.2) is 5.78 Å². The van der Waals surface area contributed by atoms with Crippen LogP contribution in [-0.2, 0) is 0 Å². The number of nitrogens with two attached hydrogens (primary N) is 1. The first-order valence-electron chi connectivity index (χ1n) is 4.12. The molecule has 0 atom stereocenters. The van der Waals surface area contributed by atoms with E-state index in [4.69, 9.17) is 10.2 Å². The highest BCUT2D eigenvalue weighted by molar-refractivity contribution is 9.10. The fraction of sp³-hybridized carbons (Fsp3) is 0.100. The van der Waals surface area contributed by atoms with E-state index in [1.807, 2.05) is 18.2 Å². The van der Waals surface area contributed by atoms with Crippen LogP contribution in [-0.4, -0.2) is 12.3 Å². The summed E-state index contributed by atoms with van der Waals surface area (Å²) >= 11 is 3.34. The van der Waals surface area contributed by atoms with E-state index >= 15 is 0 Å². The van der Waals surface area contributed by atoms with Gasteiger partial charge in [0.2, 0.25) is 0 Å². The number of halogens is 1. The fourth-order valence-electron chi connectivity index (χ4n) is 1.33. The standard InChI is InChI=1S/C10H8BrNO2/c11-6-1-2-10-7(3-6)8(5-14-10)9(13)4-12/h1-3,5H,4,12H2. The molecular formula is C10H8BrNO2. The predicted molar refractivity (Wildman–Crippen MR) is 57.3 cm³/mol. The number of hydrogen-bond acceptors (Lipinski definition) is 3. The molecule has 2 aromatic rings. The van der Waals surface area contributed by atoms with Crippen LogP contribution in [0.5, 0.6) is 0 Å². The van der Waals surface area contributed by atoms with Crippen molar-refractivity contribution in [2.24, 2.45) is 5.73 Å². The Labute approximate surface area is 89.0 Å². The molecule has 0 unspecified atom stereocenters. The first-order chi connectivity index (χ1) is 6.72. The number of carbonyl (C=O) groups excluding carboxylic acids is 1. The first-order valence-corrected chi connectivity index (χ1v) is 4.91. The molecule has 0 saturated carbocycles. The number of furan rings is 1. The molecule has 72 valence electrons. The SMILES string of the molecule is NCC(=O)c1coc2ccc(Br)cc12. The molecule has 0 aliphatic heterocycles. The first kappa shape index (κ1) is 9.43. The molecule has 1 aromatic heterocycles. The molecule has 1 heterocycles. The maximum absolute atomic E-state index is 11.4. The van der Waals surface area contributed by atoms with Crippen molar-refractivity contribution in [3.63, 3.8) is 0 Å². The van der Waals surface area contributed by atoms with Gasteiger partial charge >= 0.3 is 0 Å². The van der Waals surface area contributed by atoms with Crippen LogP contribution in [0.25, 0.3) is 11.0 Å². The number of benzene rings is 1. The minimum Gasteiger partial charge on any atom is -0.464 e. The monoisotopic (exact) mass is 253 g/mol. The van der Waals surface area contributed by atoms with Crippen LogP contribution in [0.15, 0.2) is 33.4 Å². The minimum absolute atomic E-state index is 0.00114. The Hall–Kier alpha value is -1.13. The summed E-state index contributed by atoms with van der Waals surface area (Å²) in [6.07, 6.45) is 1.45. The van der Waals surface area contributed by atoms with Crippen LogP contribution in [0.4, 0.5) is 0 Å². The lowest BCUT2D eigenvalue weighted by molar-refractivity contribution is 0.100. The largest absolute Gasteiger partial charge is 0.464 e.